The van der Waals surface area contributed by atoms with E-state index in [9.17, 15) is 19.5 Å². The molecule has 0 radical (unpaired) electrons. The number of carbonyl (C=O) groups excluding carboxylic acids is 3. The molecule has 3 atom stereocenters. The third-order valence-electron chi connectivity index (χ3n) is 9.41. The van der Waals surface area contributed by atoms with Crippen LogP contribution >= 0.6 is 0 Å². The fraction of sp³-hybridized carbons (Fsp3) is 0.595. The van der Waals surface area contributed by atoms with Gasteiger partial charge in [-0.3, -0.25) is 14.4 Å². The second kappa shape index (κ2) is 16.2. The van der Waals surface area contributed by atoms with Crippen molar-refractivity contribution >= 4 is 17.6 Å². The summed E-state index contributed by atoms with van der Waals surface area (Å²) in [6.07, 6.45) is 9.17. The van der Waals surface area contributed by atoms with Gasteiger partial charge < -0.3 is 14.9 Å². The van der Waals surface area contributed by atoms with Crippen LogP contribution in [0.1, 0.15) is 116 Å². The van der Waals surface area contributed by atoms with Crippen LogP contribution in [0.15, 0.2) is 48.5 Å². The summed E-state index contributed by atoms with van der Waals surface area (Å²) in [6.45, 7) is 8.67. The fourth-order valence-electron chi connectivity index (χ4n) is 7.23. The maximum atomic E-state index is 13.9. The normalized spacial score (nSPS) is 19.2. The van der Waals surface area contributed by atoms with Gasteiger partial charge in [-0.15, -0.1) is 0 Å². The van der Waals surface area contributed by atoms with Crippen LogP contribution in [0.2, 0.25) is 0 Å². The summed E-state index contributed by atoms with van der Waals surface area (Å²) in [6, 6.07) is 15.5. The Kier molecular flexibility index (Phi) is 12.4. The summed E-state index contributed by atoms with van der Waals surface area (Å²) < 4.78 is 0. The predicted molar refractivity (Wildman–Crippen MR) is 172 cm³/mol. The third-order valence-corrected chi connectivity index (χ3v) is 9.41. The van der Waals surface area contributed by atoms with Gasteiger partial charge >= 0.3 is 0 Å². The van der Waals surface area contributed by atoms with E-state index in [1.165, 1.54) is 19.3 Å². The lowest BCUT2D eigenvalue weighted by atomic mass is 9.74. The molecule has 1 saturated heterocycles. The van der Waals surface area contributed by atoms with Crippen LogP contribution < -0.4 is 0 Å². The van der Waals surface area contributed by atoms with Crippen molar-refractivity contribution in [1.29, 1.82) is 0 Å². The minimum Gasteiger partial charge on any atom is -0.392 e. The number of ketones is 1. The molecule has 2 aromatic carbocycles. The Balaban J connectivity index is 1.54. The number of nitrogens with zero attached hydrogens (tertiary/aromatic N) is 2. The number of rotatable bonds is 14. The van der Waals surface area contributed by atoms with E-state index in [-0.39, 0.29) is 29.9 Å². The number of amides is 2. The van der Waals surface area contributed by atoms with Gasteiger partial charge in [-0.1, -0.05) is 76.3 Å². The van der Waals surface area contributed by atoms with Crippen molar-refractivity contribution < 1.29 is 19.5 Å². The van der Waals surface area contributed by atoms with Gasteiger partial charge in [-0.25, -0.2) is 0 Å². The first-order chi connectivity index (χ1) is 20.8. The Labute approximate surface area is 258 Å². The number of aryl methyl sites for hydroxylation is 1. The first kappa shape index (κ1) is 32.9. The Morgan fingerprint density at radius 3 is 2.28 bits per heavy atom. The largest absolute Gasteiger partial charge is 0.392 e. The Bertz CT molecular complexity index is 1200. The molecular formula is C37H52N2O4. The van der Waals surface area contributed by atoms with E-state index in [2.05, 4.69) is 13.8 Å². The van der Waals surface area contributed by atoms with Gasteiger partial charge in [0.1, 0.15) is 0 Å². The minimum atomic E-state index is -0.868. The van der Waals surface area contributed by atoms with Crippen molar-refractivity contribution in [2.45, 2.75) is 104 Å². The number of piperidine rings is 1. The van der Waals surface area contributed by atoms with Crippen molar-refractivity contribution in [3.8, 4) is 0 Å². The van der Waals surface area contributed by atoms with E-state index in [0.717, 1.165) is 49.7 Å². The highest BCUT2D eigenvalue weighted by Crippen LogP contribution is 2.36. The molecule has 6 nitrogen and oxygen atoms in total. The standard InChI is InChI=1S/C37H52N2O4/c1-4-18-38(19-5-2)36(42)32-22-27(3)21-30(24-32)34(40)25-31(23-28-13-8-6-9-14-28)35(41)33-17-12-20-39(37(33)43)26-29-15-10-7-11-16-29/h7,10-11,15-16,21-22,24,28,31,33,35,41H,4-6,8-9,12-14,17-20,23,25-26H2,1-3H3/t31-,33+,35+/m1/s1. The van der Waals surface area contributed by atoms with E-state index in [1.807, 2.05) is 59.2 Å². The van der Waals surface area contributed by atoms with Crippen molar-refractivity contribution in [3.05, 3.63) is 70.8 Å². The summed E-state index contributed by atoms with van der Waals surface area (Å²) in [4.78, 5) is 44.7. The van der Waals surface area contributed by atoms with Crippen LogP contribution in [0.4, 0.5) is 0 Å². The van der Waals surface area contributed by atoms with Gasteiger partial charge in [0.05, 0.1) is 12.0 Å². The third kappa shape index (κ3) is 9.01. The number of Topliss-reactive ketones (excluding diaryl/α,β-unsaturated/α-hetero) is 1. The van der Waals surface area contributed by atoms with E-state index in [0.29, 0.717) is 49.6 Å². The molecule has 6 heteroatoms. The van der Waals surface area contributed by atoms with Crippen molar-refractivity contribution in [2.24, 2.45) is 17.8 Å². The van der Waals surface area contributed by atoms with Crippen molar-refractivity contribution in [2.75, 3.05) is 19.6 Å². The number of likely N-dealkylation sites (tertiary alicyclic amines) is 1. The molecule has 43 heavy (non-hydrogen) atoms. The topological polar surface area (TPSA) is 77.9 Å². The summed E-state index contributed by atoms with van der Waals surface area (Å²) in [5.74, 6) is -0.417. The van der Waals surface area contributed by atoms with E-state index in [1.54, 1.807) is 6.07 Å². The van der Waals surface area contributed by atoms with E-state index in [4.69, 9.17) is 0 Å². The summed E-state index contributed by atoms with van der Waals surface area (Å²) in [5, 5.41) is 11.8. The van der Waals surface area contributed by atoms with Crippen molar-refractivity contribution in [3.63, 3.8) is 0 Å². The molecule has 2 aromatic rings. The highest BCUT2D eigenvalue weighted by Gasteiger charge is 2.39. The zero-order chi connectivity index (χ0) is 30.8. The number of hydrogen-bond donors (Lipinski definition) is 1. The zero-order valence-corrected chi connectivity index (χ0v) is 26.6. The molecule has 2 amide bonds. The number of hydrogen-bond acceptors (Lipinski definition) is 4. The van der Waals surface area contributed by atoms with Crippen LogP contribution in [0.25, 0.3) is 0 Å². The highest BCUT2D eigenvalue weighted by atomic mass is 16.3. The molecule has 0 aromatic heterocycles. The molecule has 1 aliphatic heterocycles. The minimum absolute atomic E-state index is 0.000857. The van der Waals surface area contributed by atoms with Crippen LogP contribution in [-0.2, 0) is 11.3 Å². The molecule has 1 saturated carbocycles. The van der Waals surface area contributed by atoms with E-state index < -0.39 is 12.0 Å². The average molecular weight is 589 g/mol. The lowest BCUT2D eigenvalue weighted by Crippen LogP contribution is -2.47. The molecule has 1 N–H and O–H groups in total. The quantitative estimate of drug-likeness (QED) is 0.237. The summed E-state index contributed by atoms with van der Waals surface area (Å²) >= 11 is 0. The van der Waals surface area contributed by atoms with Crippen molar-refractivity contribution in [1.82, 2.24) is 9.80 Å². The Morgan fingerprint density at radius 1 is 0.930 bits per heavy atom. The lowest BCUT2D eigenvalue weighted by Gasteiger charge is -2.38. The molecule has 2 fully saturated rings. The Hall–Kier alpha value is -2.99. The molecule has 1 heterocycles. The molecule has 234 valence electrons. The highest BCUT2D eigenvalue weighted by molar-refractivity contribution is 6.01. The lowest BCUT2D eigenvalue weighted by molar-refractivity contribution is -0.145. The predicted octanol–water partition coefficient (Wildman–Crippen LogP) is 7.22. The second-order valence-electron chi connectivity index (χ2n) is 13.0. The molecule has 1 aliphatic carbocycles. The average Bonchev–Trinajstić information content (AvgIpc) is 3.01. The monoisotopic (exact) mass is 588 g/mol. The molecule has 4 rings (SSSR count). The molecule has 0 spiro atoms. The number of aliphatic hydroxyl groups excluding tert-OH is 1. The zero-order valence-electron chi connectivity index (χ0n) is 26.6. The van der Waals surface area contributed by atoms with Crippen LogP contribution in [0.5, 0.6) is 0 Å². The molecule has 0 unspecified atom stereocenters. The molecule has 2 aliphatic rings. The summed E-state index contributed by atoms with van der Waals surface area (Å²) in [7, 11) is 0. The van der Waals surface area contributed by atoms with Gasteiger partial charge in [0, 0.05) is 43.7 Å². The molecular weight excluding hydrogens is 536 g/mol. The van der Waals surface area contributed by atoms with Gasteiger partial charge in [-0.2, -0.15) is 0 Å². The second-order valence-corrected chi connectivity index (χ2v) is 13.0. The van der Waals surface area contributed by atoms with Crippen LogP contribution in [0, 0.1) is 24.7 Å². The number of aliphatic hydroxyl groups is 1. The maximum absolute atomic E-state index is 13.9. The first-order valence-corrected chi connectivity index (χ1v) is 16.8. The molecule has 0 bridgehead atoms. The summed E-state index contributed by atoms with van der Waals surface area (Å²) in [5.41, 5.74) is 3.04. The fourth-order valence-corrected chi connectivity index (χ4v) is 7.23. The van der Waals surface area contributed by atoms with Gasteiger partial charge in [-0.05, 0) is 80.2 Å². The SMILES string of the molecule is CCCN(CCC)C(=O)c1cc(C)cc(C(=O)C[C@@H](CC2CCCCC2)[C@H](O)[C@@H]2CCCN(Cc3ccccc3)C2=O)c1. The van der Waals surface area contributed by atoms with Gasteiger partial charge in [0.25, 0.3) is 5.91 Å². The van der Waals surface area contributed by atoms with Gasteiger partial charge in [0.2, 0.25) is 5.91 Å². The number of benzene rings is 2. The number of carbonyl (C=O) groups is 3. The smallest absolute Gasteiger partial charge is 0.253 e. The first-order valence-electron chi connectivity index (χ1n) is 16.8. The van der Waals surface area contributed by atoms with E-state index >= 15 is 0 Å². The van der Waals surface area contributed by atoms with Gasteiger partial charge in [0.15, 0.2) is 5.78 Å². The maximum Gasteiger partial charge on any atom is 0.253 e. The Morgan fingerprint density at radius 2 is 1.60 bits per heavy atom. The van der Waals surface area contributed by atoms with Crippen LogP contribution in [-0.4, -0.2) is 58.2 Å². The van der Waals surface area contributed by atoms with Crippen LogP contribution in [0.3, 0.4) is 0 Å².